The first-order valence-corrected chi connectivity index (χ1v) is 13.8. The second-order valence-electron chi connectivity index (χ2n) is 11.4. The van der Waals surface area contributed by atoms with Crippen LogP contribution in [0.15, 0.2) is 24.0 Å². The molecule has 1 saturated heterocycles. The molecule has 10 nitrogen and oxygen atoms in total. The molecule has 39 heavy (non-hydrogen) atoms. The number of rotatable bonds is 9. The number of aliphatic hydroxyl groups excluding tert-OH is 1. The molecule has 3 aliphatic heterocycles. The normalized spacial score (nSPS) is 27.5. The summed E-state index contributed by atoms with van der Waals surface area (Å²) in [6.45, 7) is 5.90. The maximum Gasteiger partial charge on any atom is 0.342 e. The number of carbonyl (C=O) groups excluding carboxylic acids is 2. The van der Waals surface area contributed by atoms with Crippen molar-refractivity contribution in [3.63, 3.8) is 0 Å². The number of benzene rings is 1. The van der Waals surface area contributed by atoms with E-state index >= 15 is 0 Å². The number of hydrogen-bond donors (Lipinski definition) is 2. The van der Waals surface area contributed by atoms with Gasteiger partial charge in [-0.15, -0.1) is 0 Å². The molecule has 1 aliphatic carbocycles. The number of carbonyl (C=O) groups is 2. The highest BCUT2D eigenvalue weighted by Gasteiger charge is 2.59. The first kappa shape index (κ1) is 27.7. The van der Waals surface area contributed by atoms with Gasteiger partial charge in [0, 0.05) is 6.54 Å². The second-order valence-corrected chi connectivity index (χ2v) is 11.4. The van der Waals surface area contributed by atoms with Gasteiger partial charge in [-0.2, -0.15) is 0 Å². The van der Waals surface area contributed by atoms with Crippen molar-refractivity contribution in [1.29, 1.82) is 0 Å². The molecular formula is C29H39NO9. The predicted octanol–water partition coefficient (Wildman–Crippen LogP) is 2.44. The molecule has 10 heteroatoms. The highest BCUT2D eigenvalue weighted by Crippen LogP contribution is 2.55. The van der Waals surface area contributed by atoms with Gasteiger partial charge in [0.05, 0.1) is 25.7 Å². The van der Waals surface area contributed by atoms with E-state index in [0.29, 0.717) is 36.0 Å². The Morgan fingerprint density at radius 2 is 1.95 bits per heavy atom. The molecule has 0 aromatic heterocycles. The molecule has 0 bridgehead atoms. The van der Waals surface area contributed by atoms with Gasteiger partial charge in [-0.05, 0) is 73.9 Å². The van der Waals surface area contributed by atoms with Crippen molar-refractivity contribution in [2.24, 2.45) is 5.92 Å². The minimum atomic E-state index is -2.48. The van der Waals surface area contributed by atoms with Gasteiger partial charge in [-0.1, -0.05) is 20.3 Å². The van der Waals surface area contributed by atoms with E-state index in [0.717, 1.165) is 50.6 Å². The molecule has 1 fully saturated rings. The van der Waals surface area contributed by atoms with Gasteiger partial charge in [-0.3, -0.25) is 4.90 Å². The zero-order valence-electron chi connectivity index (χ0n) is 23.1. The predicted molar refractivity (Wildman–Crippen MR) is 139 cm³/mol. The summed E-state index contributed by atoms with van der Waals surface area (Å²) in [6.07, 6.45) is 2.63. The van der Waals surface area contributed by atoms with E-state index < -0.39 is 35.3 Å². The van der Waals surface area contributed by atoms with E-state index in [1.807, 2.05) is 26.0 Å². The zero-order valence-corrected chi connectivity index (χ0v) is 23.1. The van der Waals surface area contributed by atoms with Crippen molar-refractivity contribution >= 4 is 11.9 Å². The number of methoxy groups -OCH3 is 2. The Labute approximate surface area is 228 Å². The molecule has 3 heterocycles. The Bertz CT molecular complexity index is 1150. The van der Waals surface area contributed by atoms with Crippen LogP contribution in [0.4, 0.5) is 0 Å². The third kappa shape index (κ3) is 4.66. The summed E-state index contributed by atoms with van der Waals surface area (Å²) in [7, 11) is 2.63. The second kappa shape index (κ2) is 10.6. The van der Waals surface area contributed by atoms with Gasteiger partial charge in [0.2, 0.25) is 6.79 Å². The highest BCUT2D eigenvalue weighted by atomic mass is 16.7. The number of ether oxygens (including phenoxy) is 5. The van der Waals surface area contributed by atoms with Gasteiger partial charge in [0.25, 0.3) is 0 Å². The van der Waals surface area contributed by atoms with Crippen molar-refractivity contribution in [3.05, 3.63) is 35.1 Å². The Balaban J connectivity index is 1.53. The summed E-state index contributed by atoms with van der Waals surface area (Å²) in [5, 5.41) is 22.3. The lowest BCUT2D eigenvalue weighted by Crippen LogP contribution is -2.56. The van der Waals surface area contributed by atoms with Crippen LogP contribution in [0.1, 0.15) is 63.0 Å². The standard InChI is InChI=1S/C29H39NO9/c1-17(2)7-5-10-29(34,25(31)26(32)36-4)27(33)39-24-22(35-3)15-28-9-6-11-30(28)12-8-18-13-20-21(38-16-37-20)14-19(18)23(24)28/h13-15,17,23-25,31,34H,5-12,16H2,1-4H3. The molecule has 0 amide bonds. The number of hydrogen-bond acceptors (Lipinski definition) is 10. The fraction of sp³-hybridized carbons (Fsp3) is 0.655. The summed E-state index contributed by atoms with van der Waals surface area (Å²) in [4.78, 5) is 28.5. The fourth-order valence-corrected chi connectivity index (χ4v) is 6.75. The molecule has 1 aromatic rings. The van der Waals surface area contributed by atoms with E-state index in [1.165, 1.54) is 7.11 Å². The number of aliphatic hydroxyl groups is 2. The fourth-order valence-electron chi connectivity index (χ4n) is 6.75. The van der Waals surface area contributed by atoms with Gasteiger partial charge in [0.15, 0.2) is 29.3 Å². The molecule has 214 valence electrons. The lowest BCUT2D eigenvalue weighted by molar-refractivity contribution is -0.195. The summed E-state index contributed by atoms with van der Waals surface area (Å²) < 4.78 is 27.9. The van der Waals surface area contributed by atoms with Crippen LogP contribution < -0.4 is 9.47 Å². The summed E-state index contributed by atoms with van der Waals surface area (Å²) in [6, 6.07) is 3.97. The highest BCUT2D eigenvalue weighted by molar-refractivity contribution is 5.89. The van der Waals surface area contributed by atoms with Crippen LogP contribution in [0.5, 0.6) is 11.5 Å². The van der Waals surface area contributed by atoms with Gasteiger partial charge in [-0.25, -0.2) is 9.59 Å². The number of nitrogens with zero attached hydrogens (tertiary/aromatic N) is 1. The topological polar surface area (TPSA) is 124 Å². The molecular weight excluding hydrogens is 506 g/mol. The van der Waals surface area contributed by atoms with E-state index in [1.54, 1.807) is 0 Å². The van der Waals surface area contributed by atoms with Crippen LogP contribution in [-0.2, 0) is 30.2 Å². The van der Waals surface area contributed by atoms with Crippen molar-refractivity contribution in [1.82, 2.24) is 4.90 Å². The summed E-state index contributed by atoms with van der Waals surface area (Å²) >= 11 is 0. The molecule has 2 N–H and O–H groups in total. The average molecular weight is 546 g/mol. The van der Waals surface area contributed by atoms with Gasteiger partial charge < -0.3 is 33.9 Å². The SMILES string of the molecule is COC(=O)C(O)C(O)(CCCC(C)C)C(=O)OC1C(OC)=CC23CCCN2CCc2cc4c(cc2C13)OCO4. The first-order chi connectivity index (χ1) is 18.6. The van der Waals surface area contributed by atoms with E-state index in [-0.39, 0.29) is 19.1 Å². The zero-order chi connectivity index (χ0) is 27.9. The van der Waals surface area contributed by atoms with Crippen molar-refractivity contribution in [2.45, 2.75) is 81.6 Å². The third-order valence-electron chi connectivity index (χ3n) is 8.77. The number of fused-ring (bicyclic) bond motifs is 3. The van der Waals surface area contributed by atoms with Crippen LogP contribution in [0.2, 0.25) is 0 Å². The maximum atomic E-state index is 13.8. The Morgan fingerprint density at radius 3 is 2.64 bits per heavy atom. The minimum absolute atomic E-state index is 0.148. The molecule has 1 spiro atoms. The van der Waals surface area contributed by atoms with E-state index in [4.69, 9.17) is 18.9 Å². The average Bonchev–Trinajstić information content (AvgIpc) is 3.60. The maximum absolute atomic E-state index is 13.8. The van der Waals surface area contributed by atoms with E-state index in [9.17, 15) is 19.8 Å². The Kier molecular flexibility index (Phi) is 7.56. The van der Waals surface area contributed by atoms with Crippen LogP contribution in [0.25, 0.3) is 0 Å². The number of esters is 2. The van der Waals surface area contributed by atoms with Crippen molar-refractivity contribution < 1.29 is 43.5 Å². The molecule has 0 saturated carbocycles. The molecule has 1 aromatic carbocycles. The Morgan fingerprint density at radius 1 is 1.21 bits per heavy atom. The lowest BCUT2D eigenvalue weighted by Gasteiger charge is -2.40. The van der Waals surface area contributed by atoms with E-state index in [2.05, 4.69) is 15.7 Å². The van der Waals surface area contributed by atoms with Crippen LogP contribution in [-0.4, -0.2) is 84.5 Å². The largest absolute Gasteiger partial charge is 0.497 e. The third-order valence-corrected chi connectivity index (χ3v) is 8.77. The smallest absolute Gasteiger partial charge is 0.342 e. The molecule has 4 aliphatic rings. The van der Waals surface area contributed by atoms with Gasteiger partial charge in [0.1, 0.15) is 5.76 Å². The van der Waals surface area contributed by atoms with Crippen LogP contribution in [0, 0.1) is 5.92 Å². The summed E-state index contributed by atoms with van der Waals surface area (Å²) in [5.41, 5.74) is -0.881. The lowest BCUT2D eigenvalue weighted by atomic mass is 9.77. The quantitative estimate of drug-likeness (QED) is 0.447. The summed E-state index contributed by atoms with van der Waals surface area (Å²) in [5.74, 6) is -0.412. The molecule has 5 atom stereocenters. The molecule has 5 unspecified atom stereocenters. The van der Waals surface area contributed by atoms with Crippen LogP contribution >= 0.6 is 0 Å². The van der Waals surface area contributed by atoms with Crippen LogP contribution in [0.3, 0.4) is 0 Å². The monoisotopic (exact) mass is 545 g/mol. The van der Waals surface area contributed by atoms with Crippen molar-refractivity contribution in [3.8, 4) is 11.5 Å². The Hall–Kier alpha value is -2.82. The first-order valence-electron chi connectivity index (χ1n) is 13.8. The molecule has 5 rings (SSSR count). The molecule has 0 radical (unpaired) electrons. The van der Waals surface area contributed by atoms with Crippen molar-refractivity contribution in [2.75, 3.05) is 34.1 Å². The van der Waals surface area contributed by atoms with Gasteiger partial charge >= 0.3 is 11.9 Å². The minimum Gasteiger partial charge on any atom is -0.497 e.